The quantitative estimate of drug-likeness (QED) is 0.589. The number of aromatic nitrogens is 2. The van der Waals surface area contributed by atoms with Crippen LogP contribution in [0.5, 0.6) is 11.5 Å². The van der Waals surface area contributed by atoms with Gasteiger partial charge in [-0.3, -0.25) is 9.59 Å². The van der Waals surface area contributed by atoms with Crippen molar-refractivity contribution in [3.63, 3.8) is 0 Å². The predicted molar refractivity (Wildman–Crippen MR) is 108 cm³/mol. The van der Waals surface area contributed by atoms with Gasteiger partial charge in [0.15, 0.2) is 5.69 Å². The summed E-state index contributed by atoms with van der Waals surface area (Å²) in [7, 11) is 1.53. The van der Waals surface area contributed by atoms with E-state index >= 15 is 0 Å². The Balaban J connectivity index is 1.57. The van der Waals surface area contributed by atoms with E-state index < -0.39 is 0 Å². The number of para-hydroxylation sites is 1. The number of benzene rings is 3. The molecule has 1 aromatic heterocycles. The van der Waals surface area contributed by atoms with E-state index in [2.05, 4.69) is 10.4 Å². The Morgan fingerprint density at radius 2 is 1.46 bits per heavy atom. The summed E-state index contributed by atoms with van der Waals surface area (Å²) in [6, 6.07) is 23.4. The standard InChI is InChI=1S/C22H17N3O3/c1-25-22(27)19-10-6-5-9-18(19)20(24-25)21(26)23-15-11-13-17(14-12-15)28-16-7-3-2-4-8-16/h2-14H,1H3,(H,23,26). The Hall–Kier alpha value is -3.93. The topological polar surface area (TPSA) is 73.2 Å². The molecule has 4 rings (SSSR count). The van der Waals surface area contributed by atoms with Crippen LogP contribution in [-0.2, 0) is 7.05 Å². The van der Waals surface area contributed by atoms with E-state index in [1.807, 2.05) is 30.3 Å². The average molecular weight is 371 g/mol. The largest absolute Gasteiger partial charge is 0.457 e. The van der Waals surface area contributed by atoms with Crippen LogP contribution in [0.25, 0.3) is 10.8 Å². The highest BCUT2D eigenvalue weighted by atomic mass is 16.5. The van der Waals surface area contributed by atoms with Crippen LogP contribution in [0, 0.1) is 0 Å². The summed E-state index contributed by atoms with van der Waals surface area (Å²) in [6.45, 7) is 0. The van der Waals surface area contributed by atoms with Gasteiger partial charge in [0.2, 0.25) is 0 Å². The zero-order valence-corrected chi connectivity index (χ0v) is 15.1. The second-order valence-electron chi connectivity index (χ2n) is 6.22. The molecule has 0 aliphatic heterocycles. The number of hydrogen-bond donors (Lipinski definition) is 1. The van der Waals surface area contributed by atoms with Crippen LogP contribution in [0.15, 0.2) is 83.7 Å². The van der Waals surface area contributed by atoms with Crippen molar-refractivity contribution >= 4 is 22.4 Å². The van der Waals surface area contributed by atoms with Gasteiger partial charge < -0.3 is 10.1 Å². The lowest BCUT2D eigenvalue weighted by Crippen LogP contribution is -2.25. The van der Waals surface area contributed by atoms with Gasteiger partial charge in [-0.25, -0.2) is 4.68 Å². The van der Waals surface area contributed by atoms with Gasteiger partial charge in [0.05, 0.1) is 5.39 Å². The Morgan fingerprint density at radius 1 is 0.857 bits per heavy atom. The molecule has 6 nitrogen and oxygen atoms in total. The molecule has 0 atom stereocenters. The molecule has 0 bridgehead atoms. The van der Waals surface area contributed by atoms with E-state index in [1.54, 1.807) is 48.5 Å². The highest BCUT2D eigenvalue weighted by Gasteiger charge is 2.15. The fraction of sp³-hybridized carbons (Fsp3) is 0.0455. The van der Waals surface area contributed by atoms with E-state index in [0.717, 1.165) is 5.75 Å². The smallest absolute Gasteiger partial charge is 0.276 e. The third-order valence-corrected chi connectivity index (χ3v) is 4.26. The summed E-state index contributed by atoms with van der Waals surface area (Å²) < 4.78 is 6.92. The molecule has 0 saturated carbocycles. The second-order valence-corrected chi connectivity index (χ2v) is 6.22. The second kappa shape index (κ2) is 7.36. The normalized spacial score (nSPS) is 10.6. The molecule has 3 aromatic carbocycles. The van der Waals surface area contributed by atoms with E-state index in [0.29, 0.717) is 22.2 Å². The number of carbonyl (C=O) groups excluding carboxylic acids is 1. The van der Waals surface area contributed by atoms with Gasteiger partial charge >= 0.3 is 0 Å². The van der Waals surface area contributed by atoms with E-state index in [-0.39, 0.29) is 17.2 Å². The fourth-order valence-electron chi connectivity index (χ4n) is 2.89. The van der Waals surface area contributed by atoms with Crippen LogP contribution in [0.1, 0.15) is 10.5 Å². The maximum atomic E-state index is 12.7. The van der Waals surface area contributed by atoms with Gasteiger partial charge in [-0.15, -0.1) is 0 Å². The van der Waals surface area contributed by atoms with Gasteiger partial charge in [0.1, 0.15) is 11.5 Å². The van der Waals surface area contributed by atoms with Gasteiger partial charge in [-0.1, -0.05) is 36.4 Å². The van der Waals surface area contributed by atoms with Crippen molar-refractivity contribution in [2.45, 2.75) is 0 Å². The van der Waals surface area contributed by atoms with E-state index in [4.69, 9.17) is 4.74 Å². The molecule has 1 N–H and O–H groups in total. The number of carbonyl (C=O) groups is 1. The molecule has 1 heterocycles. The molecule has 1 amide bonds. The number of nitrogens with zero attached hydrogens (tertiary/aromatic N) is 2. The lowest BCUT2D eigenvalue weighted by atomic mass is 10.1. The highest BCUT2D eigenvalue weighted by molar-refractivity contribution is 6.11. The molecule has 4 aromatic rings. The number of anilines is 1. The summed E-state index contributed by atoms with van der Waals surface area (Å²) in [6.07, 6.45) is 0. The first-order chi connectivity index (χ1) is 13.6. The predicted octanol–water partition coefficient (Wildman–Crippen LogP) is 3.98. The first kappa shape index (κ1) is 17.5. The minimum Gasteiger partial charge on any atom is -0.457 e. The minimum absolute atomic E-state index is 0.197. The molecular formula is C22H17N3O3. The van der Waals surface area contributed by atoms with Crippen molar-refractivity contribution in [1.29, 1.82) is 0 Å². The number of aryl methyl sites for hydroxylation is 1. The maximum Gasteiger partial charge on any atom is 0.276 e. The number of nitrogens with one attached hydrogen (secondary N) is 1. The van der Waals surface area contributed by atoms with Crippen LogP contribution in [0.3, 0.4) is 0 Å². The highest BCUT2D eigenvalue weighted by Crippen LogP contribution is 2.23. The van der Waals surface area contributed by atoms with Crippen molar-refractivity contribution in [3.05, 3.63) is 94.9 Å². The van der Waals surface area contributed by atoms with Crippen molar-refractivity contribution in [2.24, 2.45) is 7.05 Å². The summed E-state index contributed by atoms with van der Waals surface area (Å²) in [5.41, 5.74) is 0.557. The third-order valence-electron chi connectivity index (χ3n) is 4.26. The molecule has 0 unspecified atom stereocenters. The number of hydrogen-bond acceptors (Lipinski definition) is 4. The van der Waals surface area contributed by atoms with Gasteiger partial charge in [0.25, 0.3) is 11.5 Å². The van der Waals surface area contributed by atoms with Gasteiger partial charge in [-0.05, 0) is 42.5 Å². The molecule has 0 aliphatic rings. The van der Waals surface area contributed by atoms with Crippen LogP contribution >= 0.6 is 0 Å². The fourth-order valence-corrected chi connectivity index (χ4v) is 2.89. The van der Waals surface area contributed by atoms with Crippen molar-refractivity contribution in [3.8, 4) is 11.5 Å². The number of fused-ring (bicyclic) bond motifs is 1. The number of ether oxygens (including phenoxy) is 1. The summed E-state index contributed by atoms with van der Waals surface area (Å²) in [5.74, 6) is 1.01. The van der Waals surface area contributed by atoms with Crippen molar-refractivity contribution in [1.82, 2.24) is 9.78 Å². The summed E-state index contributed by atoms with van der Waals surface area (Å²) in [4.78, 5) is 25.0. The van der Waals surface area contributed by atoms with Crippen molar-refractivity contribution in [2.75, 3.05) is 5.32 Å². The molecule has 138 valence electrons. The lowest BCUT2D eigenvalue weighted by Gasteiger charge is -2.10. The zero-order valence-electron chi connectivity index (χ0n) is 15.1. The number of amides is 1. The van der Waals surface area contributed by atoms with Crippen LogP contribution in [-0.4, -0.2) is 15.7 Å². The monoisotopic (exact) mass is 371 g/mol. The molecular weight excluding hydrogens is 354 g/mol. The molecule has 0 radical (unpaired) electrons. The molecule has 6 heteroatoms. The Morgan fingerprint density at radius 3 is 2.18 bits per heavy atom. The first-order valence-corrected chi connectivity index (χ1v) is 8.72. The van der Waals surface area contributed by atoms with E-state index in [9.17, 15) is 9.59 Å². The molecule has 28 heavy (non-hydrogen) atoms. The summed E-state index contributed by atoms with van der Waals surface area (Å²) >= 11 is 0. The number of rotatable bonds is 4. The molecule has 0 spiro atoms. The molecule has 0 saturated heterocycles. The maximum absolute atomic E-state index is 12.7. The minimum atomic E-state index is -0.386. The summed E-state index contributed by atoms with van der Waals surface area (Å²) in [5, 5.41) is 7.93. The van der Waals surface area contributed by atoms with Crippen molar-refractivity contribution < 1.29 is 9.53 Å². The Labute approximate surface area is 161 Å². The van der Waals surface area contributed by atoms with Crippen LogP contribution in [0.4, 0.5) is 5.69 Å². The van der Waals surface area contributed by atoms with Gasteiger partial charge in [0, 0.05) is 18.1 Å². The zero-order chi connectivity index (χ0) is 19.5. The Bertz CT molecular complexity index is 1200. The third kappa shape index (κ3) is 3.48. The first-order valence-electron chi connectivity index (χ1n) is 8.72. The molecule has 0 fully saturated rings. The lowest BCUT2D eigenvalue weighted by molar-refractivity contribution is 0.102. The van der Waals surface area contributed by atoms with Gasteiger partial charge in [-0.2, -0.15) is 5.10 Å². The van der Waals surface area contributed by atoms with Crippen LogP contribution in [0.2, 0.25) is 0 Å². The molecule has 0 aliphatic carbocycles. The SMILES string of the molecule is Cn1nc(C(=O)Nc2ccc(Oc3ccccc3)cc2)c2ccccc2c1=O. The Kier molecular flexibility index (Phi) is 4.60. The van der Waals surface area contributed by atoms with Crippen LogP contribution < -0.4 is 15.6 Å². The van der Waals surface area contributed by atoms with E-state index in [1.165, 1.54) is 11.7 Å². The average Bonchev–Trinajstić information content (AvgIpc) is 2.73.